The molecule has 0 spiro atoms. The highest BCUT2D eigenvalue weighted by molar-refractivity contribution is 6.33. The van der Waals surface area contributed by atoms with Crippen molar-refractivity contribution in [1.29, 1.82) is 0 Å². The SMILES string of the molecule is COc1ccc(-c2oc3ccccc3c(=O)c2OC(=O)c2ccccc2Cl)cc1OC. The van der Waals surface area contributed by atoms with E-state index in [9.17, 15) is 9.59 Å². The van der Waals surface area contributed by atoms with Crippen LogP contribution in [0.4, 0.5) is 0 Å². The maximum absolute atomic E-state index is 13.2. The number of carbonyl (C=O) groups excluding carboxylic acids is 1. The minimum absolute atomic E-state index is 0.0880. The lowest BCUT2D eigenvalue weighted by atomic mass is 10.1. The number of halogens is 1. The molecule has 1 aromatic heterocycles. The van der Waals surface area contributed by atoms with Crippen LogP contribution in [0.3, 0.4) is 0 Å². The molecule has 0 N–H and O–H groups in total. The standard InChI is InChI=1S/C24H17ClO6/c1-28-19-12-11-14(13-20(19)29-2)22-23(21(26)16-8-4-6-10-18(16)30-22)31-24(27)15-7-3-5-9-17(15)25/h3-13H,1-2H3. The number of hydrogen-bond donors (Lipinski definition) is 0. The number of ether oxygens (including phenoxy) is 3. The fourth-order valence-corrected chi connectivity index (χ4v) is 3.37. The van der Waals surface area contributed by atoms with Gasteiger partial charge in [-0.15, -0.1) is 0 Å². The van der Waals surface area contributed by atoms with Crippen molar-refractivity contribution in [3.63, 3.8) is 0 Å². The molecule has 4 rings (SSSR count). The molecule has 0 atom stereocenters. The van der Waals surface area contributed by atoms with Gasteiger partial charge in [-0.25, -0.2) is 4.79 Å². The first-order valence-corrected chi connectivity index (χ1v) is 9.66. The molecule has 4 aromatic rings. The summed E-state index contributed by atoms with van der Waals surface area (Å²) in [5.74, 6) is 0.0130. The number of carbonyl (C=O) groups is 1. The van der Waals surface area contributed by atoms with Gasteiger partial charge in [0.05, 0.1) is 30.2 Å². The number of rotatable bonds is 5. The van der Waals surface area contributed by atoms with Gasteiger partial charge in [-0.3, -0.25) is 4.79 Å². The second kappa shape index (κ2) is 8.53. The van der Waals surface area contributed by atoms with Crippen LogP contribution in [0.5, 0.6) is 17.2 Å². The van der Waals surface area contributed by atoms with E-state index in [4.69, 9.17) is 30.2 Å². The van der Waals surface area contributed by atoms with Crippen LogP contribution in [0.15, 0.2) is 75.9 Å². The zero-order chi connectivity index (χ0) is 22.0. The summed E-state index contributed by atoms with van der Waals surface area (Å²) in [7, 11) is 3.01. The summed E-state index contributed by atoms with van der Waals surface area (Å²) in [6, 6.07) is 18.1. The number of benzene rings is 3. The molecule has 0 saturated carbocycles. The molecular formula is C24H17ClO6. The van der Waals surface area contributed by atoms with Crippen molar-refractivity contribution < 1.29 is 23.4 Å². The van der Waals surface area contributed by atoms with E-state index in [1.807, 2.05) is 0 Å². The number of fused-ring (bicyclic) bond motifs is 1. The predicted octanol–water partition coefficient (Wildman–Crippen LogP) is 5.35. The molecule has 0 amide bonds. The van der Waals surface area contributed by atoms with Crippen molar-refractivity contribution >= 4 is 28.5 Å². The molecule has 6 nitrogen and oxygen atoms in total. The van der Waals surface area contributed by atoms with Crippen molar-refractivity contribution in [2.75, 3.05) is 14.2 Å². The lowest BCUT2D eigenvalue weighted by Gasteiger charge is -2.13. The molecule has 0 radical (unpaired) electrons. The first-order valence-electron chi connectivity index (χ1n) is 9.28. The van der Waals surface area contributed by atoms with Gasteiger partial charge in [0.1, 0.15) is 5.58 Å². The average molecular weight is 437 g/mol. The highest BCUT2D eigenvalue weighted by Crippen LogP contribution is 2.37. The van der Waals surface area contributed by atoms with Gasteiger partial charge in [0.2, 0.25) is 11.2 Å². The van der Waals surface area contributed by atoms with E-state index in [0.29, 0.717) is 22.6 Å². The summed E-state index contributed by atoms with van der Waals surface area (Å²) < 4.78 is 22.1. The first-order chi connectivity index (χ1) is 15.0. The Bertz CT molecular complexity index is 1340. The van der Waals surface area contributed by atoms with Crippen molar-refractivity contribution in [1.82, 2.24) is 0 Å². The molecule has 3 aromatic carbocycles. The van der Waals surface area contributed by atoms with Crippen LogP contribution in [0.2, 0.25) is 5.02 Å². The van der Waals surface area contributed by atoms with Crippen molar-refractivity contribution in [3.05, 3.63) is 87.5 Å². The summed E-state index contributed by atoms with van der Waals surface area (Å²) >= 11 is 6.12. The maximum Gasteiger partial charge on any atom is 0.345 e. The van der Waals surface area contributed by atoms with Gasteiger partial charge in [0, 0.05) is 5.56 Å². The van der Waals surface area contributed by atoms with Gasteiger partial charge >= 0.3 is 5.97 Å². The summed E-state index contributed by atoms with van der Waals surface area (Å²) in [5.41, 5.74) is 0.485. The van der Waals surface area contributed by atoms with Crippen LogP contribution in [0.25, 0.3) is 22.3 Å². The normalized spacial score (nSPS) is 10.7. The molecule has 1 heterocycles. The fourth-order valence-electron chi connectivity index (χ4n) is 3.16. The van der Waals surface area contributed by atoms with Crippen molar-refractivity contribution in [2.24, 2.45) is 0 Å². The van der Waals surface area contributed by atoms with E-state index >= 15 is 0 Å². The van der Waals surface area contributed by atoms with Crippen LogP contribution < -0.4 is 19.6 Å². The highest BCUT2D eigenvalue weighted by Gasteiger charge is 2.23. The zero-order valence-corrected chi connectivity index (χ0v) is 17.4. The fraction of sp³-hybridized carbons (Fsp3) is 0.0833. The van der Waals surface area contributed by atoms with E-state index in [-0.39, 0.29) is 27.5 Å². The van der Waals surface area contributed by atoms with Crippen molar-refractivity contribution in [3.8, 4) is 28.6 Å². The Labute approximate surface area is 182 Å². The van der Waals surface area contributed by atoms with Gasteiger partial charge in [-0.2, -0.15) is 0 Å². The van der Waals surface area contributed by atoms with Gasteiger partial charge in [0.15, 0.2) is 17.3 Å². The molecule has 0 unspecified atom stereocenters. The molecule has 0 aliphatic rings. The Morgan fingerprint density at radius 3 is 2.35 bits per heavy atom. The number of methoxy groups -OCH3 is 2. The number of hydrogen-bond acceptors (Lipinski definition) is 6. The quantitative estimate of drug-likeness (QED) is 0.392. The highest BCUT2D eigenvalue weighted by atomic mass is 35.5. The molecule has 0 aliphatic carbocycles. The Morgan fingerprint density at radius 2 is 1.61 bits per heavy atom. The lowest BCUT2D eigenvalue weighted by molar-refractivity contribution is 0.0731. The van der Waals surface area contributed by atoms with Crippen molar-refractivity contribution in [2.45, 2.75) is 0 Å². The molecule has 156 valence electrons. The Balaban J connectivity index is 1.91. The van der Waals surface area contributed by atoms with E-state index in [1.54, 1.807) is 60.7 Å². The molecule has 0 fully saturated rings. The van der Waals surface area contributed by atoms with Gasteiger partial charge in [-0.05, 0) is 42.5 Å². The van der Waals surface area contributed by atoms with Crippen LogP contribution in [0.1, 0.15) is 10.4 Å². The average Bonchev–Trinajstić information content (AvgIpc) is 2.80. The van der Waals surface area contributed by atoms with Crippen LogP contribution in [-0.4, -0.2) is 20.2 Å². The largest absolute Gasteiger partial charge is 0.493 e. The monoisotopic (exact) mass is 436 g/mol. The van der Waals surface area contributed by atoms with E-state index < -0.39 is 11.4 Å². The van der Waals surface area contributed by atoms with Crippen LogP contribution in [-0.2, 0) is 0 Å². The number of esters is 1. The summed E-state index contributed by atoms with van der Waals surface area (Å²) in [6.07, 6.45) is 0. The van der Waals surface area contributed by atoms with E-state index in [0.717, 1.165) is 0 Å². The zero-order valence-electron chi connectivity index (χ0n) is 16.7. The van der Waals surface area contributed by atoms with Gasteiger partial charge in [0.25, 0.3) is 0 Å². The van der Waals surface area contributed by atoms with Gasteiger partial charge < -0.3 is 18.6 Å². The second-order valence-electron chi connectivity index (χ2n) is 6.52. The third-order valence-corrected chi connectivity index (χ3v) is 5.02. The maximum atomic E-state index is 13.2. The topological polar surface area (TPSA) is 75.0 Å². The summed E-state index contributed by atoms with van der Waals surface area (Å²) in [4.78, 5) is 26.0. The summed E-state index contributed by atoms with van der Waals surface area (Å²) in [5, 5.41) is 0.499. The molecule has 0 bridgehead atoms. The van der Waals surface area contributed by atoms with Crippen LogP contribution >= 0.6 is 11.6 Å². The molecular weight excluding hydrogens is 420 g/mol. The number of para-hydroxylation sites is 1. The molecule has 0 aliphatic heterocycles. The summed E-state index contributed by atoms with van der Waals surface area (Å²) in [6.45, 7) is 0. The smallest absolute Gasteiger partial charge is 0.345 e. The third-order valence-electron chi connectivity index (χ3n) is 4.69. The van der Waals surface area contributed by atoms with E-state index in [1.165, 1.54) is 20.3 Å². The van der Waals surface area contributed by atoms with Gasteiger partial charge in [-0.1, -0.05) is 35.9 Å². The molecule has 7 heteroatoms. The van der Waals surface area contributed by atoms with Crippen LogP contribution in [0, 0.1) is 0 Å². The predicted molar refractivity (Wildman–Crippen MR) is 117 cm³/mol. The lowest BCUT2D eigenvalue weighted by Crippen LogP contribution is -2.16. The third kappa shape index (κ3) is 3.85. The molecule has 31 heavy (non-hydrogen) atoms. The minimum Gasteiger partial charge on any atom is -0.493 e. The minimum atomic E-state index is -0.769. The Morgan fingerprint density at radius 1 is 0.903 bits per heavy atom. The molecule has 0 saturated heterocycles. The Hall–Kier alpha value is -3.77. The Kier molecular flexibility index (Phi) is 5.64. The van der Waals surface area contributed by atoms with E-state index in [2.05, 4.69) is 0 Å². The first kappa shape index (κ1) is 20.5. The second-order valence-corrected chi connectivity index (χ2v) is 6.93.